The summed E-state index contributed by atoms with van der Waals surface area (Å²) < 4.78 is 3.07. The Morgan fingerprint density at radius 1 is 1.45 bits per heavy atom. The molecule has 0 spiro atoms. The molecule has 0 amide bonds. The summed E-state index contributed by atoms with van der Waals surface area (Å²) >= 11 is 6.66. The second kappa shape index (κ2) is 5.47. The van der Waals surface area contributed by atoms with E-state index in [9.17, 15) is 10.1 Å². The number of halogens is 2. The number of nitro groups is 1. The van der Waals surface area contributed by atoms with E-state index in [1.165, 1.54) is 0 Å². The summed E-state index contributed by atoms with van der Waals surface area (Å²) in [6.45, 7) is 5.50. The third-order valence-electron chi connectivity index (χ3n) is 3.73. The summed E-state index contributed by atoms with van der Waals surface area (Å²) in [4.78, 5) is 17.7. The topological polar surface area (TPSA) is 90.2 Å². The normalized spacial score (nSPS) is 15.6. The van der Waals surface area contributed by atoms with E-state index < -0.39 is 4.92 Å². The zero-order valence-corrected chi connectivity index (χ0v) is 15.3. The molecule has 0 saturated carbocycles. The van der Waals surface area contributed by atoms with Gasteiger partial charge in [0.15, 0.2) is 5.52 Å². The van der Waals surface area contributed by atoms with Gasteiger partial charge in [-0.05, 0) is 51.8 Å². The average molecular weight is 433 g/mol. The molecule has 1 aromatic carbocycles. The van der Waals surface area contributed by atoms with Crippen molar-refractivity contribution in [3.05, 3.63) is 25.1 Å². The van der Waals surface area contributed by atoms with Gasteiger partial charge in [-0.1, -0.05) is 0 Å². The molecule has 0 atom stereocenters. The van der Waals surface area contributed by atoms with Gasteiger partial charge in [-0.15, -0.1) is 0 Å². The first-order chi connectivity index (χ1) is 10.3. The van der Waals surface area contributed by atoms with Crippen LogP contribution in [0.3, 0.4) is 0 Å². The fraction of sp³-hybridized carbons (Fsp3) is 0.462. The van der Waals surface area contributed by atoms with Crippen LogP contribution in [0.4, 0.5) is 11.6 Å². The average Bonchev–Trinajstić information content (AvgIpc) is 2.74. The lowest BCUT2D eigenvalue weighted by molar-refractivity contribution is -0.384. The molecule has 1 aliphatic rings. The Labute approximate surface area is 143 Å². The van der Waals surface area contributed by atoms with Crippen LogP contribution in [0.1, 0.15) is 19.9 Å². The van der Waals surface area contributed by atoms with Crippen molar-refractivity contribution >= 4 is 54.5 Å². The van der Waals surface area contributed by atoms with Crippen molar-refractivity contribution in [1.82, 2.24) is 9.55 Å². The molecule has 2 aromatic rings. The van der Waals surface area contributed by atoms with E-state index in [0.29, 0.717) is 27.6 Å². The molecular formula is C13H15Br2N5O2. The molecule has 1 fully saturated rings. The number of nitrogens with two attached hydrogens (primary N) is 1. The third kappa shape index (κ3) is 2.31. The summed E-state index contributed by atoms with van der Waals surface area (Å²) in [6, 6.07) is 2.13. The van der Waals surface area contributed by atoms with Crippen LogP contribution < -0.4 is 10.6 Å². The van der Waals surface area contributed by atoms with Gasteiger partial charge in [0.1, 0.15) is 4.47 Å². The van der Waals surface area contributed by atoms with Crippen LogP contribution in [0.15, 0.2) is 15.0 Å². The summed E-state index contributed by atoms with van der Waals surface area (Å²) in [6.07, 6.45) is 0. The molecule has 1 saturated heterocycles. The zero-order chi connectivity index (χ0) is 16.2. The number of rotatable bonds is 3. The number of nitrogens with zero attached hydrogens (tertiary/aromatic N) is 4. The SMILES string of the molecule is CC(C)n1c(N2CC(N)C2)nc2c([N+](=O)[O-])c(Br)c(Br)cc21. The van der Waals surface area contributed by atoms with Crippen LogP contribution in [0.25, 0.3) is 11.0 Å². The summed E-state index contributed by atoms with van der Waals surface area (Å²) in [5.74, 6) is 0.736. The molecule has 0 bridgehead atoms. The Kier molecular flexibility index (Phi) is 3.90. The van der Waals surface area contributed by atoms with Crippen LogP contribution in [0, 0.1) is 10.1 Å². The minimum Gasteiger partial charge on any atom is -0.339 e. The number of imidazole rings is 1. The predicted molar refractivity (Wildman–Crippen MR) is 92.4 cm³/mol. The molecule has 2 heterocycles. The minimum atomic E-state index is -0.402. The molecule has 0 radical (unpaired) electrons. The highest BCUT2D eigenvalue weighted by atomic mass is 79.9. The maximum atomic E-state index is 11.5. The molecular weight excluding hydrogens is 418 g/mol. The molecule has 0 aliphatic carbocycles. The van der Waals surface area contributed by atoms with Crippen molar-refractivity contribution in [2.75, 3.05) is 18.0 Å². The van der Waals surface area contributed by atoms with Gasteiger partial charge in [0.05, 0.1) is 10.4 Å². The Bertz CT molecular complexity index is 768. The van der Waals surface area contributed by atoms with E-state index in [1.54, 1.807) is 0 Å². The minimum absolute atomic E-state index is 0.0187. The highest BCUT2D eigenvalue weighted by molar-refractivity contribution is 9.13. The molecule has 1 aromatic heterocycles. The van der Waals surface area contributed by atoms with E-state index in [4.69, 9.17) is 5.73 Å². The van der Waals surface area contributed by atoms with Crippen LogP contribution in [0.5, 0.6) is 0 Å². The van der Waals surface area contributed by atoms with Gasteiger partial charge in [0, 0.05) is 29.6 Å². The number of nitro benzene ring substituents is 1. The highest BCUT2D eigenvalue weighted by Crippen LogP contribution is 2.41. The smallest absolute Gasteiger partial charge is 0.312 e. The van der Waals surface area contributed by atoms with E-state index in [0.717, 1.165) is 11.5 Å². The maximum Gasteiger partial charge on any atom is 0.312 e. The molecule has 1 aliphatic heterocycles. The molecule has 0 unspecified atom stereocenters. The van der Waals surface area contributed by atoms with Crippen molar-refractivity contribution in [1.29, 1.82) is 0 Å². The van der Waals surface area contributed by atoms with E-state index in [1.807, 2.05) is 24.5 Å². The van der Waals surface area contributed by atoms with Gasteiger partial charge < -0.3 is 15.2 Å². The van der Waals surface area contributed by atoms with Crippen molar-refractivity contribution in [3.8, 4) is 0 Å². The number of benzene rings is 1. The summed E-state index contributed by atoms with van der Waals surface area (Å²) in [5, 5.41) is 11.5. The second-order valence-corrected chi connectivity index (χ2v) is 7.33. The van der Waals surface area contributed by atoms with Crippen LogP contribution >= 0.6 is 31.9 Å². The molecule has 22 heavy (non-hydrogen) atoms. The quantitative estimate of drug-likeness (QED) is 0.594. The third-order valence-corrected chi connectivity index (χ3v) is 5.69. The number of hydrogen-bond donors (Lipinski definition) is 1. The number of hydrogen-bond acceptors (Lipinski definition) is 5. The number of anilines is 1. The number of aromatic nitrogens is 2. The Balaban J connectivity index is 2.31. The summed E-state index contributed by atoms with van der Waals surface area (Å²) in [5.41, 5.74) is 6.97. The fourth-order valence-electron chi connectivity index (χ4n) is 2.72. The second-order valence-electron chi connectivity index (χ2n) is 5.69. The maximum absolute atomic E-state index is 11.5. The van der Waals surface area contributed by atoms with E-state index >= 15 is 0 Å². The first-order valence-corrected chi connectivity index (χ1v) is 8.44. The summed E-state index contributed by atoms with van der Waals surface area (Å²) in [7, 11) is 0. The highest BCUT2D eigenvalue weighted by Gasteiger charge is 2.32. The molecule has 2 N–H and O–H groups in total. The monoisotopic (exact) mass is 431 g/mol. The molecule has 9 heteroatoms. The van der Waals surface area contributed by atoms with Crippen LogP contribution in [0.2, 0.25) is 0 Å². The van der Waals surface area contributed by atoms with Gasteiger partial charge in [-0.2, -0.15) is 0 Å². The molecule has 118 valence electrons. The van der Waals surface area contributed by atoms with Gasteiger partial charge in [-0.3, -0.25) is 10.1 Å². The largest absolute Gasteiger partial charge is 0.339 e. The molecule has 7 nitrogen and oxygen atoms in total. The van der Waals surface area contributed by atoms with Crippen molar-refractivity contribution < 1.29 is 4.92 Å². The number of fused-ring (bicyclic) bond motifs is 1. The lowest BCUT2D eigenvalue weighted by Gasteiger charge is -2.38. The van der Waals surface area contributed by atoms with E-state index in [2.05, 4.69) is 41.7 Å². The Morgan fingerprint density at radius 3 is 2.59 bits per heavy atom. The van der Waals surface area contributed by atoms with Crippen LogP contribution in [-0.4, -0.2) is 33.6 Å². The van der Waals surface area contributed by atoms with Crippen LogP contribution in [-0.2, 0) is 0 Å². The van der Waals surface area contributed by atoms with Crippen molar-refractivity contribution in [2.45, 2.75) is 25.9 Å². The fourth-order valence-corrected chi connectivity index (χ4v) is 3.57. The Morgan fingerprint density at radius 2 is 2.09 bits per heavy atom. The van der Waals surface area contributed by atoms with Gasteiger partial charge in [-0.25, -0.2) is 4.98 Å². The first-order valence-electron chi connectivity index (χ1n) is 6.86. The Hall–Kier alpha value is -1.19. The molecule has 3 rings (SSSR count). The lowest BCUT2D eigenvalue weighted by atomic mass is 10.1. The van der Waals surface area contributed by atoms with Gasteiger partial charge in [0.25, 0.3) is 0 Å². The predicted octanol–water partition coefficient (Wildman–Crippen LogP) is 3.20. The van der Waals surface area contributed by atoms with Gasteiger partial charge >= 0.3 is 5.69 Å². The van der Waals surface area contributed by atoms with Gasteiger partial charge in [0.2, 0.25) is 5.95 Å². The lowest BCUT2D eigenvalue weighted by Crippen LogP contribution is -2.56. The first kappa shape index (κ1) is 15.7. The standard InChI is InChI=1S/C13H15Br2N5O2/c1-6(2)19-9-3-8(14)10(15)12(20(21)22)11(9)17-13(19)18-4-7(16)5-18/h3,6-7H,4-5,16H2,1-2H3. The van der Waals surface area contributed by atoms with Crippen molar-refractivity contribution in [2.24, 2.45) is 5.73 Å². The zero-order valence-electron chi connectivity index (χ0n) is 12.1. The van der Waals surface area contributed by atoms with Crippen molar-refractivity contribution in [3.63, 3.8) is 0 Å². The van der Waals surface area contributed by atoms with E-state index in [-0.39, 0.29) is 17.8 Å².